The number of carbonyl (C=O) groups is 1. The minimum absolute atomic E-state index is 0.241. The van der Waals surface area contributed by atoms with Crippen LogP contribution in [-0.4, -0.2) is 60.5 Å². The Kier molecular flexibility index (Phi) is 3.73. The smallest absolute Gasteiger partial charge is 0.242 e. The van der Waals surface area contributed by atoms with Crippen LogP contribution in [0.15, 0.2) is 0 Å². The van der Waals surface area contributed by atoms with Crippen molar-refractivity contribution in [2.75, 3.05) is 33.2 Å². The summed E-state index contributed by atoms with van der Waals surface area (Å²) in [5, 5.41) is 3.11. The lowest BCUT2D eigenvalue weighted by atomic mass is 9.97. The van der Waals surface area contributed by atoms with Crippen molar-refractivity contribution in [2.45, 2.75) is 44.7 Å². The van der Waals surface area contributed by atoms with Gasteiger partial charge in [0.15, 0.2) is 0 Å². The fraction of sp³-hybridized carbons (Fsp3) is 0.923. The molecule has 2 aliphatic rings. The SMILES string of the molecule is CNC(C)(C)C(=O)N1CCN2CCCCC2C1. The molecular weight excluding hydrogens is 214 g/mol. The van der Waals surface area contributed by atoms with E-state index in [-0.39, 0.29) is 5.91 Å². The molecular formula is C13H25N3O. The third-order valence-corrected chi connectivity index (χ3v) is 4.28. The van der Waals surface area contributed by atoms with E-state index in [4.69, 9.17) is 0 Å². The highest BCUT2D eigenvalue weighted by molar-refractivity contribution is 5.85. The van der Waals surface area contributed by atoms with Crippen molar-refractivity contribution in [2.24, 2.45) is 0 Å². The molecule has 0 bridgehead atoms. The molecule has 2 saturated heterocycles. The van der Waals surface area contributed by atoms with Crippen LogP contribution < -0.4 is 5.32 Å². The van der Waals surface area contributed by atoms with Crippen LogP contribution >= 0.6 is 0 Å². The van der Waals surface area contributed by atoms with Gasteiger partial charge in [0, 0.05) is 25.7 Å². The Hall–Kier alpha value is -0.610. The maximum Gasteiger partial charge on any atom is 0.242 e. The molecule has 0 aliphatic carbocycles. The molecule has 0 radical (unpaired) electrons. The lowest BCUT2D eigenvalue weighted by Crippen LogP contribution is -2.61. The number of piperazine rings is 1. The Bertz CT molecular complexity index is 290. The van der Waals surface area contributed by atoms with E-state index in [0.717, 1.165) is 19.6 Å². The van der Waals surface area contributed by atoms with E-state index in [0.29, 0.717) is 6.04 Å². The van der Waals surface area contributed by atoms with Gasteiger partial charge >= 0.3 is 0 Å². The predicted octanol–water partition coefficient (Wildman–Crippen LogP) is 0.681. The molecule has 1 N–H and O–H groups in total. The summed E-state index contributed by atoms with van der Waals surface area (Å²) in [6, 6.07) is 0.606. The van der Waals surface area contributed by atoms with Gasteiger partial charge in [0.05, 0.1) is 5.54 Å². The molecule has 2 fully saturated rings. The molecule has 2 aliphatic heterocycles. The zero-order valence-electron chi connectivity index (χ0n) is 11.3. The van der Waals surface area contributed by atoms with Gasteiger partial charge in [-0.2, -0.15) is 0 Å². The second-order valence-corrected chi connectivity index (χ2v) is 5.81. The molecule has 2 rings (SSSR count). The van der Waals surface area contributed by atoms with Gasteiger partial charge in [-0.1, -0.05) is 6.42 Å². The number of likely N-dealkylation sites (N-methyl/N-ethyl adjacent to an activating group) is 1. The van der Waals surface area contributed by atoms with Crippen LogP contribution in [0.1, 0.15) is 33.1 Å². The van der Waals surface area contributed by atoms with Crippen molar-refractivity contribution in [1.29, 1.82) is 0 Å². The van der Waals surface area contributed by atoms with Crippen LogP contribution in [0.5, 0.6) is 0 Å². The molecule has 4 nitrogen and oxygen atoms in total. The highest BCUT2D eigenvalue weighted by Gasteiger charge is 2.36. The third-order valence-electron chi connectivity index (χ3n) is 4.28. The largest absolute Gasteiger partial charge is 0.338 e. The zero-order valence-corrected chi connectivity index (χ0v) is 11.3. The number of nitrogens with one attached hydrogen (secondary N) is 1. The number of carbonyl (C=O) groups excluding carboxylic acids is 1. The molecule has 0 aromatic heterocycles. The molecule has 1 unspecified atom stereocenters. The van der Waals surface area contributed by atoms with Gasteiger partial charge in [0.25, 0.3) is 0 Å². The van der Waals surface area contributed by atoms with Gasteiger partial charge in [-0.25, -0.2) is 0 Å². The fourth-order valence-corrected chi connectivity index (χ4v) is 2.84. The van der Waals surface area contributed by atoms with Gasteiger partial charge < -0.3 is 10.2 Å². The summed E-state index contributed by atoms with van der Waals surface area (Å²) in [5.74, 6) is 0.241. The molecule has 0 spiro atoms. The zero-order chi connectivity index (χ0) is 12.5. The molecule has 1 atom stereocenters. The first-order valence-corrected chi connectivity index (χ1v) is 6.77. The van der Waals surface area contributed by atoms with Crippen molar-refractivity contribution in [3.05, 3.63) is 0 Å². The average Bonchev–Trinajstić information content (AvgIpc) is 2.37. The van der Waals surface area contributed by atoms with Crippen molar-refractivity contribution in [3.8, 4) is 0 Å². The first-order chi connectivity index (χ1) is 8.04. The summed E-state index contributed by atoms with van der Waals surface area (Å²) in [7, 11) is 1.86. The Morgan fingerprint density at radius 2 is 2.00 bits per heavy atom. The topological polar surface area (TPSA) is 35.6 Å². The summed E-state index contributed by atoms with van der Waals surface area (Å²) < 4.78 is 0. The van der Waals surface area contributed by atoms with Crippen molar-refractivity contribution in [1.82, 2.24) is 15.1 Å². The molecule has 0 saturated carbocycles. The quantitative estimate of drug-likeness (QED) is 0.770. The van der Waals surface area contributed by atoms with E-state index in [1.165, 1.54) is 25.8 Å². The summed E-state index contributed by atoms with van der Waals surface area (Å²) in [5.41, 5.74) is -0.434. The van der Waals surface area contributed by atoms with E-state index < -0.39 is 5.54 Å². The molecule has 4 heteroatoms. The number of piperidine rings is 1. The maximum atomic E-state index is 12.4. The second-order valence-electron chi connectivity index (χ2n) is 5.81. The number of rotatable bonds is 2. The standard InChI is InChI=1S/C13H25N3O/c1-13(2,14-3)12(17)16-9-8-15-7-5-4-6-11(15)10-16/h11,14H,4-10H2,1-3H3. The van der Waals surface area contributed by atoms with Crippen LogP contribution in [-0.2, 0) is 4.79 Å². The minimum Gasteiger partial charge on any atom is -0.338 e. The lowest BCUT2D eigenvalue weighted by molar-refractivity contribution is -0.140. The van der Waals surface area contributed by atoms with E-state index in [9.17, 15) is 4.79 Å². The van der Waals surface area contributed by atoms with Crippen LogP contribution in [0.3, 0.4) is 0 Å². The molecule has 0 aromatic carbocycles. The lowest BCUT2D eigenvalue weighted by Gasteiger charge is -2.45. The van der Waals surface area contributed by atoms with Crippen molar-refractivity contribution >= 4 is 5.91 Å². The van der Waals surface area contributed by atoms with Gasteiger partial charge in [0.2, 0.25) is 5.91 Å². The average molecular weight is 239 g/mol. The molecule has 1 amide bonds. The van der Waals surface area contributed by atoms with Gasteiger partial charge in [-0.3, -0.25) is 9.69 Å². The predicted molar refractivity (Wildman–Crippen MR) is 68.9 cm³/mol. The summed E-state index contributed by atoms with van der Waals surface area (Å²) in [4.78, 5) is 17.0. The third kappa shape index (κ3) is 2.63. The fourth-order valence-electron chi connectivity index (χ4n) is 2.84. The van der Waals surface area contributed by atoms with E-state index in [1.807, 2.05) is 25.8 Å². The van der Waals surface area contributed by atoms with Gasteiger partial charge in [-0.05, 0) is 40.3 Å². The van der Waals surface area contributed by atoms with Crippen LogP contribution in [0.2, 0.25) is 0 Å². The van der Waals surface area contributed by atoms with Gasteiger partial charge in [0.1, 0.15) is 0 Å². The normalized spacial score (nSPS) is 26.8. The summed E-state index contributed by atoms with van der Waals surface area (Å²) in [6.07, 6.45) is 3.90. The highest BCUT2D eigenvalue weighted by atomic mass is 16.2. The van der Waals surface area contributed by atoms with E-state index >= 15 is 0 Å². The summed E-state index contributed by atoms with van der Waals surface area (Å²) in [6.45, 7) is 8.01. The number of fused-ring (bicyclic) bond motifs is 1. The Balaban J connectivity index is 1.98. The molecule has 2 heterocycles. The molecule has 98 valence electrons. The minimum atomic E-state index is -0.434. The first-order valence-electron chi connectivity index (χ1n) is 6.77. The summed E-state index contributed by atoms with van der Waals surface area (Å²) >= 11 is 0. The van der Waals surface area contributed by atoms with Crippen molar-refractivity contribution < 1.29 is 4.79 Å². The maximum absolute atomic E-state index is 12.4. The van der Waals surface area contributed by atoms with Crippen LogP contribution in [0, 0.1) is 0 Å². The highest BCUT2D eigenvalue weighted by Crippen LogP contribution is 2.22. The molecule has 17 heavy (non-hydrogen) atoms. The monoisotopic (exact) mass is 239 g/mol. The molecule has 0 aromatic rings. The number of nitrogens with zero attached hydrogens (tertiary/aromatic N) is 2. The van der Waals surface area contributed by atoms with E-state index in [1.54, 1.807) is 0 Å². The van der Waals surface area contributed by atoms with Gasteiger partial charge in [-0.15, -0.1) is 0 Å². The second kappa shape index (κ2) is 4.94. The first kappa shape index (κ1) is 12.8. The Morgan fingerprint density at radius 1 is 1.24 bits per heavy atom. The number of hydrogen-bond acceptors (Lipinski definition) is 3. The Morgan fingerprint density at radius 3 is 2.71 bits per heavy atom. The van der Waals surface area contributed by atoms with Crippen LogP contribution in [0.4, 0.5) is 0 Å². The van der Waals surface area contributed by atoms with E-state index in [2.05, 4.69) is 10.2 Å². The van der Waals surface area contributed by atoms with Crippen molar-refractivity contribution in [3.63, 3.8) is 0 Å². The number of hydrogen-bond donors (Lipinski definition) is 1. The Labute approximate surface area is 104 Å². The number of amides is 1. The van der Waals surface area contributed by atoms with Crippen LogP contribution in [0.25, 0.3) is 0 Å².